The summed E-state index contributed by atoms with van der Waals surface area (Å²) >= 11 is 16.8. The third kappa shape index (κ3) is 6.74. The Labute approximate surface area is 82.8 Å². The van der Waals surface area contributed by atoms with Crippen molar-refractivity contribution in [2.45, 2.75) is 13.3 Å². The standard InChI is InChI=1S/C8H11Cl3/c1-7(6-10)2-3-8(11)4-5-9/h2,4H,3,5-6H2,1H3. The van der Waals surface area contributed by atoms with Gasteiger partial charge in [0, 0.05) is 23.2 Å². The molecule has 0 spiro atoms. The average molecular weight is 214 g/mol. The predicted molar refractivity (Wildman–Crippen MR) is 53.8 cm³/mol. The van der Waals surface area contributed by atoms with Gasteiger partial charge in [0.05, 0.1) is 0 Å². The van der Waals surface area contributed by atoms with Crippen LogP contribution in [0.15, 0.2) is 22.8 Å². The minimum absolute atomic E-state index is 0.465. The fourth-order valence-electron chi connectivity index (χ4n) is 0.493. The molecule has 0 aromatic carbocycles. The van der Waals surface area contributed by atoms with Crippen LogP contribution in [0.3, 0.4) is 0 Å². The Balaban J connectivity index is 3.77. The number of alkyl halides is 2. The monoisotopic (exact) mass is 212 g/mol. The van der Waals surface area contributed by atoms with Gasteiger partial charge in [-0.25, -0.2) is 0 Å². The van der Waals surface area contributed by atoms with Crippen molar-refractivity contribution in [3.63, 3.8) is 0 Å². The lowest BCUT2D eigenvalue weighted by atomic mass is 10.2. The second kappa shape index (κ2) is 7.02. The number of rotatable bonds is 4. The summed E-state index contributed by atoms with van der Waals surface area (Å²) in [6, 6.07) is 0. The number of hydrogen-bond donors (Lipinski definition) is 0. The zero-order chi connectivity index (χ0) is 8.69. The van der Waals surface area contributed by atoms with Crippen molar-refractivity contribution < 1.29 is 0 Å². The van der Waals surface area contributed by atoms with Crippen molar-refractivity contribution in [2.75, 3.05) is 11.8 Å². The van der Waals surface area contributed by atoms with E-state index in [4.69, 9.17) is 34.8 Å². The van der Waals surface area contributed by atoms with E-state index >= 15 is 0 Å². The molecule has 11 heavy (non-hydrogen) atoms. The van der Waals surface area contributed by atoms with Crippen LogP contribution in [-0.2, 0) is 0 Å². The SMILES string of the molecule is CC(=CCC(Cl)=CCCl)CCl. The third-order valence-corrected chi connectivity index (χ3v) is 2.04. The molecule has 0 atom stereocenters. The summed E-state index contributed by atoms with van der Waals surface area (Å²) in [5.74, 6) is 1.03. The number of hydrogen-bond acceptors (Lipinski definition) is 0. The minimum atomic E-state index is 0.465. The Morgan fingerprint density at radius 2 is 1.91 bits per heavy atom. The molecule has 0 fully saturated rings. The smallest absolute Gasteiger partial charge is 0.0431 e. The van der Waals surface area contributed by atoms with E-state index in [-0.39, 0.29) is 0 Å². The number of halogens is 3. The van der Waals surface area contributed by atoms with Gasteiger partial charge in [0.15, 0.2) is 0 Å². The fourth-order valence-corrected chi connectivity index (χ4v) is 1.02. The van der Waals surface area contributed by atoms with Crippen LogP contribution in [0, 0.1) is 0 Å². The van der Waals surface area contributed by atoms with Crippen LogP contribution in [0.25, 0.3) is 0 Å². The lowest BCUT2D eigenvalue weighted by Gasteiger charge is -1.93. The summed E-state index contributed by atoms with van der Waals surface area (Å²) in [7, 11) is 0. The summed E-state index contributed by atoms with van der Waals surface area (Å²) in [6.07, 6.45) is 4.51. The van der Waals surface area contributed by atoms with Gasteiger partial charge in [-0.05, 0) is 6.92 Å². The Bertz CT molecular complexity index is 159. The van der Waals surface area contributed by atoms with Crippen LogP contribution in [0.2, 0.25) is 0 Å². The quantitative estimate of drug-likeness (QED) is 0.490. The molecule has 0 radical (unpaired) electrons. The van der Waals surface area contributed by atoms with Crippen LogP contribution in [0.1, 0.15) is 13.3 Å². The lowest BCUT2D eigenvalue weighted by molar-refractivity contribution is 1.26. The molecule has 0 rings (SSSR count). The Morgan fingerprint density at radius 1 is 1.27 bits per heavy atom. The van der Waals surface area contributed by atoms with E-state index in [0.717, 1.165) is 17.0 Å². The van der Waals surface area contributed by atoms with Gasteiger partial charge < -0.3 is 0 Å². The molecular weight excluding hydrogens is 202 g/mol. The maximum absolute atomic E-state index is 5.77. The first-order valence-corrected chi connectivity index (χ1v) is 4.77. The van der Waals surface area contributed by atoms with Gasteiger partial charge >= 0.3 is 0 Å². The summed E-state index contributed by atoms with van der Waals surface area (Å²) < 4.78 is 0. The maximum Gasteiger partial charge on any atom is 0.0431 e. The van der Waals surface area contributed by atoms with Gasteiger partial charge in [0.2, 0.25) is 0 Å². The fraction of sp³-hybridized carbons (Fsp3) is 0.500. The highest BCUT2D eigenvalue weighted by molar-refractivity contribution is 6.30. The van der Waals surface area contributed by atoms with Gasteiger partial charge in [0.25, 0.3) is 0 Å². The van der Waals surface area contributed by atoms with Crippen LogP contribution < -0.4 is 0 Å². The first-order valence-electron chi connectivity index (χ1n) is 3.32. The molecule has 0 saturated heterocycles. The predicted octanol–water partition coefficient (Wildman–Crippen LogP) is 3.92. The van der Waals surface area contributed by atoms with Gasteiger partial charge in [-0.15, -0.1) is 23.2 Å². The normalized spacial score (nSPS) is 13.8. The molecule has 0 aromatic heterocycles. The topological polar surface area (TPSA) is 0 Å². The summed E-state index contributed by atoms with van der Waals surface area (Å²) in [5.41, 5.74) is 1.13. The molecule has 0 saturated carbocycles. The van der Waals surface area contributed by atoms with Gasteiger partial charge in [-0.1, -0.05) is 29.3 Å². The molecule has 0 aromatic rings. The van der Waals surface area contributed by atoms with Crippen molar-refractivity contribution in [2.24, 2.45) is 0 Å². The Hall–Kier alpha value is 0.350. The highest BCUT2D eigenvalue weighted by atomic mass is 35.5. The summed E-state index contributed by atoms with van der Waals surface area (Å²) in [4.78, 5) is 0. The first-order chi connectivity index (χ1) is 5.20. The summed E-state index contributed by atoms with van der Waals surface area (Å²) in [5, 5.41) is 0.768. The maximum atomic E-state index is 5.77. The van der Waals surface area contributed by atoms with Crippen molar-refractivity contribution in [3.05, 3.63) is 22.8 Å². The molecule has 0 unspecified atom stereocenters. The zero-order valence-electron chi connectivity index (χ0n) is 6.41. The molecule has 3 heteroatoms. The molecule has 0 aliphatic carbocycles. The minimum Gasteiger partial charge on any atom is -0.122 e. The van der Waals surface area contributed by atoms with E-state index < -0.39 is 0 Å². The zero-order valence-corrected chi connectivity index (χ0v) is 8.68. The number of allylic oxidation sites excluding steroid dienone is 4. The molecule has 0 heterocycles. The van der Waals surface area contributed by atoms with Crippen LogP contribution in [0.4, 0.5) is 0 Å². The molecule has 0 aliphatic rings. The van der Waals surface area contributed by atoms with Crippen LogP contribution in [0.5, 0.6) is 0 Å². The molecule has 0 bridgehead atoms. The second-order valence-corrected chi connectivity index (χ2v) is 3.25. The van der Waals surface area contributed by atoms with E-state index in [1.807, 2.05) is 13.0 Å². The third-order valence-electron chi connectivity index (χ3n) is 1.15. The second-order valence-electron chi connectivity index (χ2n) is 2.19. The largest absolute Gasteiger partial charge is 0.122 e. The summed E-state index contributed by atoms with van der Waals surface area (Å²) in [6.45, 7) is 1.97. The molecular formula is C8H11Cl3. The van der Waals surface area contributed by atoms with Crippen molar-refractivity contribution in [1.29, 1.82) is 0 Å². The van der Waals surface area contributed by atoms with Crippen molar-refractivity contribution >= 4 is 34.8 Å². The van der Waals surface area contributed by atoms with Gasteiger partial charge in [-0.3, -0.25) is 0 Å². The van der Waals surface area contributed by atoms with E-state index in [0.29, 0.717) is 11.8 Å². The van der Waals surface area contributed by atoms with Crippen LogP contribution >= 0.6 is 34.8 Å². The highest BCUT2D eigenvalue weighted by Crippen LogP contribution is 2.10. The van der Waals surface area contributed by atoms with E-state index in [9.17, 15) is 0 Å². The highest BCUT2D eigenvalue weighted by Gasteiger charge is 1.89. The Kier molecular flexibility index (Phi) is 7.25. The molecule has 64 valence electrons. The van der Waals surface area contributed by atoms with Gasteiger partial charge in [0.1, 0.15) is 0 Å². The lowest BCUT2D eigenvalue weighted by Crippen LogP contribution is -1.77. The van der Waals surface area contributed by atoms with Crippen molar-refractivity contribution in [3.8, 4) is 0 Å². The van der Waals surface area contributed by atoms with Crippen LogP contribution in [-0.4, -0.2) is 11.8 Å². The molecule has 0 amide bonds. The van der Waals surface area contributed by atoms with E-state index in [1.165, 1.54) is 0 Å². The first kappa shape index (κ1) is 11.4. The molecule has 0 nitrogen and oxygen atoms in total. The van der Waals surface area contributed by atoms with Crippen molar-refractivity contribution in [1.82, 2.24) is 0 Å². The molecule has 0 aliphatic heterocycles. The van der Waals surface area contributed by atoms with E-state index in [1.54, 1.807) is 6.08 Å². The van der Waals surface area contributed by atoms with E-state index in [2.05, 4.69) is 0 Å². The molecule has 0 N–H and O–H groups in total. The Morgan fingerprint density at radius 3 is 2.36 bits per heavy atom. The van der Waals surface area contributed by atoms with Gasteiger partial charge in [-0.2, -0.15) is 0 Å². The average Bonchev–Trinajstić information content (AvgIpc) is 2.01.